The summed E-state index contributed by atoms with van der Waals surface area (Å²) in [5.41, 5.74) is 1.52. The number of carbonyl (C=O) groups excluding carboxylic acids is 2. The molecule has 0 radical (unpaired) electrons. The van der Waals surface area contributed by atoms with Crippen LogP contribution in [0, 0.1) is 0 Å². The molecule has 162 valence electrons. The third kappa shape index (κ3) is 5.99. The molecular weight excluding hydrogens is 394 g/mol. The summed E-state index contributed by atoms with van der Waals surface area (Å²) in [6.45, 7) is 3.53. The monoisotopic (exact) mass is 422 g/mol. The number of carbonyl (C=O) groups is 2. The van der Waals surface area contributed by atoms with Gasteiger partial charge in [0.1, 0.15) is 6.54 Å². The lowest BCUT2D eigenvalue weighted by Gasteiger charge is -2.18. The third-order valence-corrected chi connectivity index (χ3v) is 5.01. The second-order valence-electron chi connectivity index (χ2n) is 7.44. The van der Waals surface area contributed by atoms with Gasteiger partial charge in [-0.25, -0.2) is 4.98 Å². The quantitative estimate of drug-likeness (QED) is 0.414. The number of hydrogen-bond donors (Lipinski definition) is 4. The molecule has 0 bridgehead atoms. The third-order valence-electron chi connectivity index (χ3n) is 5.01. The van der Waals surface area contributed by atoms with E-state index in [1.165, 1.54) is 0 Å². The van der Waals surface area contributed by atoms with Crippen LogP contribution in [-0.2, 0) is 11.3 Å². The summed E-state index contributed by atoms with van der Waals surface area (Å²) in [5, 5.41) is 5.98. The number of nitrogens with zero attached hydrogens (tertiary/aromatic N) is 1. The zero-order valence-corrected chi connectivity index (χ0v) is 17.8. The molecule has 1 aromatic heterocycles. The van der Waals surface area contributed by atoms with E-state index in [4.69, 9.17) is 0 Å². The maximum absolute atomic E-state index is 12.7. The Hall–Kier alpha value is -3.52. The molecule has 0 aliphatic carbocycles. The highest BCUT2D eigenvalue weighted by molar-refractivity contribution is 5.97. The Morgan fingerprint density at radius 1 is 1.13 bits per heavy atom. The van der Waals surface area contributed by atoms with Gasteiger partial charge in [0.25, 0.3) is 17.4 Å². The van der Waals surface area contributed by atoms with Gasteiger partial charge in [-0.1, -0.05) is 31.5 Å². The summed E-state index contributed by atoms with van der Waals surface area (Å²) in [6, 6.07) is 14.0. The average Bonchev–Trinajstić information content (AvgIpc) is 2.77. The first-order valence-corrected chi connectivity index (χ1v) is 10.4. The van der Waals surface area contributed by atoms with Gasteiger partial charge in [-0.2, -0.15) is 0 Å². The highest BCUT2D eigenvalue weighted by atomic mass is 16.2. The number of para-hydroxylation sites is 1. The largest absolute Gasteiger partial charge is 0.355 e. The number of rotatable bonds is 9. The zero-order valence-electron chi connectivity index (χ0n) is 17.8. The van der Waals surface area contributed by atoms with Gasteiger partial charge in [-0.3, -0.25) is 14.4 Å². The van der Waals surface area contributed by atoms with Crippen molar-refractivity contribution in [2.24, 2.45) is 0 Å². The van der Waals surface area contributed by atoms with Crippen LogP contribution in [-0.4, -0.2) is 41.9 Å². The first-order valence-electron chi connectivity index (χ1n) is 10.4. The van der Waals surface area contributed by atoms with E-state index in [1.807, 2.05) is 12.1 Å². The Bertz CT molecular complexity index is 1130. The summed E-state index contributed by atoms with van der Waals surface area (Å²) in [4.78, 5) is 45.2. The smallest absolute Gasteiger partial charge is 0.279 e. The van der Waals surface area contributed by atoms with E-state index < -0.39 is 0 Å². The highest BCUT2D eigenvalue weighted by Gasteiger charge is 2.17. The summed E-state index contributed by atoms with van der Waals surface area (Å²) in [6.07, 6.45) is 1.95. The molecular formula is C23H28N5O3+. The molecule has 0 aliphatic rings. The van der Waals surface area contributed by atoms with E-state index >= 15 is 0 Å². The van der Waals surface area contributed by atoms with Crippen LogP contribution in [0.25, 0.3) is 10.9 Å². The first kappa shape index (κ1) is 22.2. The number of amides is 2. The second-order valence-corrected chi connectivity index (χ2v) is 7.44. The van der Waals surface area contributed by atoms with Crippen LogP contribution < -0.4 is 21.1 Å². The predicted molar refractivity (Wildman–Crippen MR) is 120 cm³/mol. The van der Waals surface area contributed by atoms with Crippen molar-refractivity contribution >= 4 is 28.4 Å². The minimum atomic E-state index is -0.211. The van der Waals surface area contributed by atoms with Crippen molar-refractivity contribution in [1.29, 1.82) is 0 Å². The Labute approximate surface area is 180 Å². The van der Waals surface area contributed by atoms with Crippen molar-refractivity contribution in [3.05, 3.63) is 70.3 Å². The summed E-state index contributed by atoms with van der Waals surface area (Å²) in [7, 11) is 1.56. The number of anilines is 1. The number of unbranched alkanes of at least 4 members (excludes halogenated alkanes) is 1. The van der Waals surface area contributed by atoms with E-state index in [0.717, 1.165) is 24.3 Å². The van der Waals surface area contributed by atoms with E-state index in [1.54, 1.807) is 43.4 Å². The molecule has 0 aliphatic heterocycles. The van der Waals surface area contributed by atoms with Crippen molar-refractivity contribution in [3.63, 3.8) is 0 Å². The van der Waals surface area contributed by atoms with E-state index in [-0.39, 0.29) is 23.9 Å². The maximum atomic E-state index is 12.7. The number of H-pyrrole nitrogens is 1. The molecule has 2 aromatic carbocycles. The molecule has 2 amide bonds. The molecule has 0 saturated heterocycles. The van der Waals surface area contributed by atoms with E-state index in [9.17, 15) is 14.4 Å². The molecule has 0 saturated carbocycles. The molecule has 8 nitrogen and oxygen atoms in total. The normalized spacial score (nSPS) is 11.8. The lowest BCUT2D eigenvalue weighted by atomic mass is 10.2. The number of quaternary nitrogens is 1. The Morgan fingerprint density at radius 2 is 1.94 bits per heavy atom. The van der Waals surface area contributed by atoms with Crippen molar-refractivity contribution in [2.75, 3.05) is 25.5 Å². The molecule has 1 heterocycles. The molecule has 31 heavy (non-hydrogen) atoms. The van der Waals surface area contributed by atoms with Gasteiger partial charge >= 0.3 is 0 Å². The number of aromatic amines is 1. The SMILES string of the molecule is CCCC[NH+](CC(=O)Nc1cccc(C(=O)NC)c1)Cc1nc2ccccc2c(=O)[nH]1. The van der Waals surface area contributed by atoms with Gasteiger partial charge in [-0.05, 0) is 36.8 Å². The van der Waals surface area contributed by atoms with Crippen molar-refractivity contribution in [1.82, 2.24) is 15.3 Å². The standard InChI is InChI=1S/C23H27N5O3/c1-3-4-12-28(14-20-26-19-11-6-5-10-18(19)23(31)27-20)15-21(29)25-17-9-7-8-16(13-17)22(30)24-2/h5-11,13H,3-4,12,14-15H2,1-2H3,(H,24,30)(H,25,29)(H,26,27,31)/p+1. The zero-order chi connectivity index (χ0) is 22.2. The van der Waals surface area contributed by atoms with Crippen LogP contribution in [0.3, 0.4) is 0 Å². The number of benzene rings is 2. The number of fused-ring (bicyclic) bond motifs is 1. The number of aromatic nitrogens is 2. The van der Waals surface area contributed by atoms with Crippen LogP contribution in [0.2, 0.25) is 0 Å². The molecule has 3 rings (SSSR count). The molecule has 8 heteroatoms. The van der Waals surface area contributed by atoms with Gasteiger partial charge in [0.2, 0.25) is 0 Å². The molecule has 3 aromatic rings. The molecule has 0 spiro atoms. The Kier molecular flexibility index (Phi) is 7.50. The van der Waals surface area contributed by atoms with Crippen LogP contribution in [0.4, 0.5) is 5.69 Å². The van der Waals surface area contributed by atoms with Gasteiger partial charge in [0.15, 0.2) is 12.4 Å². The summed E-state index contributed by atoms with van der Waals surface area (Å²) < 4.78 is 0. The predicted octanol–water partition coefficient (Wildman–Crippen LogP) is 1.11. The summed E-state index contributed by atoms with van der Waals surface area (Å²) >= 11 is 0. The minimum absolute atomic E-state index is 0.164. The minimum Gasteiger partial charge on any atom is -0.355 e. The van der Waals surface area contributed by atoms with Gasteiger partial charge in [-0.15, -0.1) is 0 Å². The van der Waals surface area contributed by atoms with Gasteiger partial charge in [0, 0.05) is 18.3 Å². The molecule has 0 fully saturated rings. The van der Waals surface area contributed by atoms with Crippen LogP contribution in [0.1, 0.15) is 35.9 Å². The first-order chi connectivity index (χ1) is 15.0. The van der Waals surface area contributed by atoms with Crippen LogP contribution >= 0.6 is 0 Å². The lowest BCUT2D eigenvalue weighted by molar-refractivity contribution is -0.906. The fourth-order valence-corrected chi connectivity index (χ4v) is 3.44. The topological polar surface area (TPSA) is 108 Å². The fourth-order valence-electron chi connectivity index (χ4n) is 3.44. The molecule has 4 N–H and O–H groups in total. The summed E-state index contributed by atoms with van der Waals surface area (Å²) in [5.74, 6) is 0.185. The van der Waals surface area contributed by atoms with Crippen molar-refractivity contribution < 1.29 is 14.5 Å². The number of hydrogen-bond acceptors (Lipinski definition) is 4. The van der Waals surface area contributed by atoms with Crippen LogP contribution in [0.15, 0.2) is 53.3 Å². The lowest BCUT2D eigenvalue weighted by Crippen LogP contribution is -3.12. The van der Waals surface area contributed by atoms with Gasteiger partial charge < -0.3 is 20.5 Å². The second kappa shape index (κ2) is 10.5. The average molecular weight is 423 g/mol. The Morgan fingerprint density at radius 3 is 2.71 bits per heavy atom. The Balaban J connectivity index is 1.72. The van der Waals surface area contributed by atoms with Crippen LogP contribution in [0.5, 0.6) is 0 Å². The van der Waals surface area contributed by atoms with Gasteiger partial charge in [0.05, 0.1) is 17.4 Å². The number of nitrogens with one attached hydrogen (secondary N) is 4. The van der Waals surface area contributed by atoms with E-state index in [2.05, 4.69) is 27.5 Å². The van der Waals surface area contributed by atoms with Crippen molar-refractivity contribution in [3.8, 4) is 0 Å². The molecule has 1 unspecified atom stereocenters. The highest BCUT2D eigenvalue weighted by Crippen LogP contribution is 2.10. The van der Waals surface area contributed by atoms with Crippen molar-refractivity contribution in [2.45, 2.75) is 26.3 Å². The van der Waals surface area contributed by atoms with E-state index in [0.29, 0.717) is 34.5 Å². The maximum Gasteiger partial charge on any atom is 0.279 e. The fraction of sp³-hybridized carbons (Fsp3) is 0.304. The molecule has 1 atom stereocenters.